The molecule has 0 saturated carbocycles. The first-order chi connectivity index (χ1) is 13.8. The highest BCUT2D eigenvalue weighted by molar-refractivity contribution is 5.78. The standard InChI is InChI=1S/C22H23N5O/c1-2-3-14-18-24-19-20(25-18)26-22(23-17-12-8-5-9-13-17)27-21(19)28-15-16-10-6-4-7-11-16/h4-13H,2-3,14-15H2,1H3,(H2,23,24,25,26,27). The molecule has 2 heterocycles. The Balaban J connectivity index is 1.65. The molecule has 6 heteroatoms. The third kappa shape index (κ3) is 4.28. The zero-order valence-electron chi connectivity index (χ0n) is 15.9. The summed E-state index contributed by atoms with van der Waals surface area (Å²) in [6, 6.07) is 19.9. The largest absolute Gasteiger partial charge is 0.471 e. The summed E-state index contributed by atoms with van der Waals surface area (Å²) in [6.07, 6.45) is 3.07. The van der Waals surface area contributed by atoms with E-state index >= 15 is 0 Å². The number of H-pyrrole nitrogens is 1. The first-order valence-corrected chi connectivity index (χ1v) is 9.57. The quantitative estimate of drug-likeness (QED) is 0.454. The summed E-state index contributed by atoms with van der Waals surface area (Å²) in [5.74, 6) is 1.88. The molecule has 0 aliphatic carbocycles. The van der Waals surface area contributed by atoms with Gasteiger partial charge in [-0.1, -0.05) is 61.9 Å². The molecule has 0 spiro atoms. The number of anilines is 2. The average molecular weight is 373 g/mol. The maximum atomic E-state index is 6.04. The first-order valence-electron chi connectivity index (χ1n) is 9.57. The number of rotatable bonds is 8. The molecule has 0 aliphatic heterocycles. The van der Waals surface area contributed by atoms with E-state index in [1.54, 1.807) is 0 Å². The predicted molar refractivity (Wildman–Crippen MR) is 111 cm³/mol. The van der Waals surface area contributed by atoms with Crippen molar-refractivity contribution in [2.75, 3.05) is 5.32 Å². The second-order valence-electron chi connectivity index (χ2n) is 6.60. The Morgan fingerprint density at radius 3 is 2.43 bits per heavy atom. The predicted octanol–water partition coefficient (Wildman–Crippen LogP) is 5.02. The zero-order chi connectivity index (χ0) is 19.2. The van der Waals surface area contributed by atoms with Crippen LogP contribution in [0, 0.1) is 0 Å². The van der Waals surface area contributed by atoms with Crippen LogP contribution in [0.25, 0.3) is 11.2 Å². The van der Waals surface area contributed by atoms with Crippen LogP contribution in [-0.4, -0.2) is 19.9 Å². The van der Waals surface area contributed by atoms with Crippen molar-refractivity contribution in [3.63, 3.8) is 0 Å². The Hall–Kier alpha value is -3.41. The summed E-state index contributed by atoms with van der Waals surface area (Å²) in [5, 5.41) is 3.23. The number of benzene rings is 2. The van der Waals surface area contributed by atoms with Crippen LogP contribution in [0.2, 0.25) is 0 Å². The van der Waals surface area contributed by atoms with E-state index in [0.717, 1.165) is 41.9 Å². The number of unbranched alkanes of at least 4 members (excludes halogenated alkanes) is 1. The van der Waals surface area contributed by atoms with Gasteiger partial charge in [-0.15, -0.1) is 0 Å². The van der Waals surface area contributed by atoms with Gasteiger partial charge in [-0.3, -0.25) is 0 Å². The fourth-order valence-corrected chi connectivity index (χ4v) is 2.92. The van der Waals surface area contributed by atoms with Crippen molar-refractivity contribution >= 4 is 22.8 Å². The lowest BCUT2D eigenvalue weighted by molar-refractivity contribution is 0.297. The lowest BCUT2D eigenvalue weighted by atomic mass is 10.2. The van der Waals surface area contributed by atoms with Crippen molar-refractivity contribution in [1.29, 1.82) is 0 Å². The fraction of sp³-hybridized carbons (Fsp3) is 0.227. The Labute approximate surface area is 164 Å². The fourth-order valence-electron chi connectivity index (χ4n) is 2.92. The van der Waals surface area contributed by atoms with Crippen LogP contribution in [0.5, 0.6) is 5.88 Å². The zero-order valence-corrected chi connectivity index (χ0v) is 15.9. The Morgan fingerprint density at radius 2 is 1.68 bits per heavy atom. The molecule has 4 rings (SSSR count). The SMILES string of the molecule is CCCCc1nc2nc(Nc3ccccc3)nc(OCc3ccccc3)c2[nH]1. The number of aromatic nitrogens is 4. The van der Waals surface area contributed by atoms with Crippen molar-refractivity contribution in [3.05, 3.63) is 72.1 Å². The number of nitrogens with one attached hydrogen (secondary N) is 2. The van der Waals surface area contributed by atoms with Crippen molar-refractivity contribution < 1.29 is 4.74 Å². The molecule has 6 nitrogen and oxygen atoms in total. The highest BCUT2D eigenvalue weighted by Gasteiger charge is 2.14. The van der Waals surface area contributed by atoms with Crippen LogP contribution in [0.1, 0.15) is 31.2 Å². The minimum atomic E-state index is 0.432. The summed E-state index contributed by atoms with van der Waals surface area (Å²) in [5.41, 5.74) is 3.35. The van der Waals surface area contributed by atoms with Crippen LogP contribution in [0.15, 0.2) is 60.7 Å². The molecule has 0 atom stereocenters. The van der Waals surface area contributed by atoms with Gasteiger partial charge in [0.15, 0.2) is 5.65 Å². The maximum Gasteiger partial charge on any atom is 0.245 e. The van der Waals surface area contributed by atoms with E-state index in [1.165, 1.54) is 0 Å². The number of ether oxygens (including phenoxy) is 1. The van der Waals surface area contributed by atoms with Gasteiger partial charge in [0.2, 0.25) is 11.8 Å². The van der Waals surface area contributed by atoms with Gasteiger partial charge in [-0.2, -0.15) is 9.97 Å². The van der Waals surface area contributed by atoms with Gasteiger partial charge in [0, 0.05) is 12.1 Å². The molecule has 0 aliphatic rings. The van der Waals surface area contributed by atoms with Crippen molar-refractivity contribution in [2.24, 2.45) is 0 Å². The van der Waals surface area contributed by atoms with E-state index in [9.17, 15) is 0 Å². The molecule has 28 heavy (non-hydrogen) atoms. The molecule has 2 aromatic heterocycles. The van der Waals surface area contributed by atoms with Crippen molar-refractivity contribution in [2.45, 2.75) is 32.8 Å². The number of aromatic amines is 1. The Morgan fingerprint density at radius 1 is 0.929 bits per heavy atom. The molecule has 0 unspecified atom stereocenters. The molecular formula is C22H23N5O. The van der Waals surface area contributed by atoms with Gasteiger partial charge in [0.25, 0.3) is 0 Å². The summed E-state index contributed by atoms with van der Waals surface area (Å²) in [7, 11) is 0. The van der Waals surface area contributed by atoms with Crippen LogP contribution in [-0.2, 0) is 13.0 Å². The highest BCUT2D eigenvalue weighted by Crippen LogP contribution is 2.25. The molecular weight excluding hydrogens is 350 g/mol. The second kappa shape index (κ2) is 8.52. The number of aryl methyl sites for hydroxylation is 1. The summed E-state index contributed by atoms with van der Waals surface area (Å²) >= 11 is 0. The summed E-state index contributed by atoms with van der Waals surface area (Å²) < 4.78 is 6.04. The van der Waals surface area contributed by atoms with Crippen molar-refractivity contribution in [1.82, 2.24) is 19.9 Å². The normalized spacial score (nSPS) is 10.9. The van der Waals surface area contributed by atoms with Gasteiger partial charge in [-0.05, 0) is 24.1 Å². The molecule has 0 bridgehead atoms. The van der Waals surface area contributed by atoms with Gasteiger partial charge in [-0.25, -0.2) is 4.98 Å². The number of imidazole rings is 1. The molecule has 2 N–H and O–H groups in total. The van der Waals surface area contributed by atoms with E-state index in [0.29, 0.717) is 24.1 Å². The van der Waals surface area contributed by atoms with Crippen molar-refractivity contribution in [3.8, 4) is 5.88 Å². The molecule has 142 valence electrons. The topological polar surface area (TPSA) is 75.7 Å². The van der Waals surface area contributed by atoms with Gasteiger partial charge in [0.05, 0.1) is 0 Å². The number of para-hydroxylation sites is 1. The van der Waals surface area contributed by atoms with E-state index < -0.39 is 0 Å². The van der Waals surface area contributed by atoms with E-state index in [2.05, 4.69) is 32.2 Å². The van der Waals surface area contributed by atoms with Gasteiger partial charge < -0.3 is 15.0 Å². The van der Waals surface area contributed by atoms with Crippen LogP contribution in [0.3, 0.4) is 0 Å². The average Bonchev–Trinajstić information content (AvgIpc) is 3.15. The molecule has 0 amide bonds. The molecule has 4 aromatic rings. The van der Waals surface area contributed by atoms with Gasteiger partial charge >= 0.3 is 0 Å². The van der Waals surface area contributed by atoms with Crippen LogP contribution in [0.4, 0.5) is 11.6 Å². The smallest absolute Gasteiger partial charge is 0.245 e. The summed E-state index contributed by atoms with van der Waals surface area (Å²) in [6.45, 7) is 2.60. The Bertz CT molecular complexity index is 1030. The number of nitrogens with zero attached hydrogens (tertiary/aromatic N) is 3. The van der Waals surface area contributed by atoms with E-state index in [1.807, 2.05) is 60.7 Å². The highest BCUT2D eigenvalue weighted by atomic mass is 16.5. The second-order valence-corrected chi connectivity index (χ2v) is 6.60. The molecule has 0 saturated heterocycles. The minimum Gasteiger partial charge on any atom is -0.471 e. The number of hydrogen-bond acceptors (Lipinski definition) is 5. The third-order valence-electron chi connectivity index (χ3n) is 4.38. The maximum absolute atomic E-state index is 6.04. The minimum absolute atomic E-state index is 0.432. The van der Waals surface area contributed by atoms with Crippen LogP contribution < -0.4 is 10.1 Å². The third-order valence-corrected chi connectivity index (χ3v) is 4.38. The van der Waals surface area contributed by atoms with E-state index in [-0.39, 0.29) is 0 Å². The lowest BCUT2D eigenvalue weighted by Gasteiger charge is -2.09. The lowest BCUT2D eigenvalue weighted by Crippen LogP contribution is -2.03. The van der Waals surface area contributed by atoms with Gasteiger partial charge in [0.1, 0.15) is 17.9 Å². The number of hydrogen-bond donors (Lipinski definition) is 2. The summed E-state index contributed by atoms with van der Waals surface area (Å²) in [4.78, 5) is 17.1. The number of fused-ring (bicyclic) bond motifs is 1. The first kappa shape index (κ1) is 18.0. The molecule has 2 aromatic carbocycles. The molecule has 0 radical (unpaired) electrons. The molecule has 0 fully saturated rings. The van der Waals surface area contributed by atoms with Crippen LogP contribution >= 0.6 is 0 Å². The monoisotopic (exact) mass is 373 g/mol. The van der Waals surface area contributed by atoms with E-state index in [4.69, 9.17) is 4.74 Å². The Kier molecular flexibility index (Phi) is 5.47.